The highest BCUT2D eigenvalue weighted by atomic mass is 79.9. The lowest BCUT2D eigenvalue weighted by molar-refractivity contribution is 0.170. The van der Waals surface area contributed by atoms with Gasteiger partial charge in [-0.25, -0.2) is 0 Å². The topological polar surface area (TPSA) is 44.5 Å². The number of nitrogens with two attached hydrogens (primary N) is 1. The molecule has 0 saturated heterocycles. The number of halogens is 1. The van der Waals surface area contributed by atoms with Crippen LogP contribution in [0.25, 0.3) is 0 Å². The first-order chi connectivity index (χ1) is 7.16. The summed E-state index contributed by atoms with van der Waals surface area (Å²) in [5.74, 6) is 1.61. The normalized spacial score (nSPS) is 16.2. The summed E-state index contributed by atoms with van der Waals surface area (Å²) in [5, 5.41) is 0. The summed E-state index contributed by atoms with van der Waals surface area (Å²) in [6.45, 7) is 3.21. The predicted molar refractivity (Wildman–Crippen MR) is 62.5 cm³/mol. The molecule has 0 fully saturated rings. The Kier molecular flexibility index (Phi) is 3.17. The molecule has 82 valence electrons. The number of hydrogen-bond acceptors (Lipinski definition) is 3. The molecule has 0 unspecified atom stereocenters. The predicted octanol–water partition coefficient (Wildman–Crippen LogP) is 2.11. The van der Waals surface area contributed by atoms with Crippen molar-refractivity contribution >= 4 is 15.9 Å². The van der Waals surface area contributed by atoms with Crippen molar-refractivity contribution in [1.29, 1.82) is 0 Å². The van der Waals surface area contributed by atoms with Crippen LogP contribution in [0.5, 0.6) is 11.5 Å². The van der Waals surface area contributed by atoms with E-state index in [1.54, 1.807) is 0 Å². The Morgan fingerprint density at radius 2 is 2.13 bits per heavy atom. The highest BCUT2D eigenvalue weighted by molar-refractivity contribution is 9.10. The molecule has 1 heterocycles. The van der Waals surface area contributed by atoms with Crippen LogP contribution in [0.1, 0.15) is 12.5 Å². The highest BCUT2D eigenvalue weighted by Crippen LogP contribution is 2.38. The number of hydrogen-bond donors (Lipinski definition) is 1. The lowest BCUT2D eigenvalue weighted by atomic mass is 10.1. The molecule has 4 heteroatoms. The highest BCUT2D eigenvalue weighted by Gasteiger charge is 2.16. The van der Waals surface area contributed by atoms with Gasteiger partial charge in [-0.1, -0.05) is 0 Å². The van der Waals surface area contributed by atoms with Crippen LogP contribution < -0.4 is 15.2 Å². The SMILES string of the molecule is C[C@@H](N)Cc1cc(Br)c2c(c1)OCCO2. The number of rotatable bonds is 2. The second-order valence-corrected chi connectivity index (χ2v) is 4.64. The first-order valence-electron chi connectivity index (χ1n) is 5.00. The Morgan fingerprint density at radius 3 is 2.87 bits per heavy atom. The average molecular weight is 272 g/mol. The van der Waals surface area contributed by atoms with Crippen molar-refractivity contribution in [3.05, 3.63) is 22.2 Å². The van der Waals surface area contributed by atoms with Gasteiger partial charge in [-0.3, -0.25) is 0 Å². The Hall–Kier alpha value is -0.740. The second kappa shape index (κ2) is 4.41. The maximum atomic E-state index is 5.76. The van der Waals surface area contributed by atoms with E-state index in [1.807, 2.05) is 19.1 Å². The Morgan fingerprint density at radius 1 is 1.40 bits per heavy atom. The molecule has 0 aliphatic carbocycles. The molecule has 1 aromatic carbocycles. The van der Waals surface area contributed by atoms with E-state index in [9.17, 15) is 0 Å². The zero-order valence-corrected chi connectivity index (χ0v) is 10.2. The van der Waals surface area contributed by atoms with Gasteiger partial charge in [0.15, 0.2) is 11.5 Å². The minimum absolute atomic E-state index is 0.152. The summed E-state index contributed by atoms with van der Waals surface area (Å²) < 4.78 is 12.0. The van der Waals surface area contributed by atoms with Gasteiger partial charge < -0.3 is 15.2 Å². The minimum atomic E-state index is 0.152. The van der Waals surface area contributed by atoms with E-state index in [1.165, 1.54) is 5.56 Å². The Balaban J connectivity index is 2.32. The molecule has 1 atom stereocenters. The molecular weight excluding hydrogens is 258 g/mol. The van der Waals surface area contributed by atoms with E-state index in [0.29, 0.717) is 13.2 Å². The second-order valence-electron chi connectivity index (χ2n) is 3.78. The van der Waals surface area contributed by atoms with Gasteiger partial charge in [-0.15, -0.1) is 0 Å². The van der Waals surface area contributed by atoms with E-state index in [4.69, 9.17) is 15.2 Å². The van der Waals surface area contributed by atoms with Gasteiger partial charge in [0, 0.05) is 6.04 Å². The van der Waals surface area contributed by atoms with Crippen molar-refractivity contribution in [3.8, 4) is 11.5 Å². The molecule has 0 amide bonds. The molecule has 2 rings (SSSR count). The van der Waals surface area contributed by atoms with E-state index in [2.05, 4.69) is 15.9 Å². The van der Waals surface area contributed by atoms with E-state index in [-0.39, 0.29) is 6.04 Å². The molecule has 2 N–H and O–H groups in total. The zero-order chi connectivity index (χ0) is 10.8. The molecule has 0 aromatic heterocycles. The minimum Gasteiger partial charge on any atom is -0.486 e. The molecule has 1 aliphatic heterocycles. The smallest absolute Gasteiger partial charge is 0.175 e. The van der Waals surface area contributed by atoms with E-state index >= 15 is 0 Å². The van der Waals surface area contributed by atoms with Crippen LogP contribution in [0.4, 0.5) is 0 Å². The van der Waals surface area contributed by atoms with E-state index in [0.717, 1.165) is 22.4 Å². The van der Waals surface area contributed by atoms with Crippen molar-refractivity contribution in [2.45, 2.75) is 19.4 Å². The summed E-state index contributed by atoms with van der Waals surface area (Å²) in [6.07, 6.45) is 0.842. The number of fused-ring (bicyclic) bond motifs is 1. The van der Waals surface area contributed by atoms with Crippen molar-refractivity contribution < 1.29 is 9.47 Å². The first kappa shape index (κ1) is 10.8. The van der Waals surface area contributed by atoms with Gasteiger partial charge in [0.1, 0.15) is 13.2 Å². The summed E-state index contributed by atoms with van der Waals surface area (Å²) in [6, 6.07) is 4.19. The molecule has 15 heavy (non-hydrogen) atoms. The van der Waals surface area contributed by atoms with Crippen molar-refractivity contribution in [2.24, 2.45) is 5.73 Å². The molecule has 1 aliphatic rings. The molecular formula is C11H14BrNO2. The van der Waals surface area contributed by atoms with Crippen LogP contribution in [0.2, 0.25) is 0 Å². The monoisotopic (exact) mass is 271 g/mol. The van der Waals surface area contributed by atoms with Crippen molar-refractivity contribution in [2.75, 3.05) is 13.2 Å². The molecule has 1 aromatic rings. The van der Waals surface area contributed by atoms with Gasteiger partial charge in [0.25, 0.3) is 0 Å². The molecule has 0 spiro atoms. The lowest BCUT2D eigenvalue weighted by Gasteiger charge is -2.20. The van der Waals surface area contributed by atoms with Crippen LogP contribution in [0.15, 0.2) is 16.6 Å². The largest absolute Gasteiger partial charge is 0.486 e. The first-order valence-corrected chi connectivity index (χ1v) is 5.79. The molecule has 0 saturated carbocycles. The Labute approximate surface area is 97.7 Å². The summed E-state index contributed by atoms with van der Waals surface area (Å²) in [5.41, 5.74) is 6.93. The molecule has 0 bridgehead atoms. The number of ether oxygens (including phenoxy) is 2. The van der Waals surface area contributed by atoms with Gasteiger partial charge >= 0.3 is 0 Å². The summed E-state index contributed by atoms with van der Waals surface area (Å²) in [7, 11) is 0. The maximum absolute atomic E-state index is 5.76. The quantitative estimate of drug-likeness (QED) is 0.896. The molecule has 0 radical (unpaired) electrons. The zero-order valence-electron chi connectivity index (χ0n) is 8.63. The Bertz CT molecular complexity index is 366. The van der Waals surface area contributed by atoms with Crippen LogP contribution in [0, 0.1) is 0 Å². The fourth-order valence-electron chi connectivity index (χ4n) is 1.65. The summed E-state index contributed by atoms with van der Waals surface area (Å²) in [4.78, 5) is 0. The fraction of sp³-hybridized carbons (Fsp3) is 0.455. The summed E-state index contributed by atoms with van der Waals surface area (Å²) >= 11 is 3.48. The van der Waals surface area contributed by atoms with Gasteiger partial charge in [-0.2, -0.15) is 0 Å². The third kappa shape index (κ3) is 2.44. The molecule has 3 nitrogen and oxygen atoms in total. The standard InChI is InChI=1S/C11H14BrNO2/c1-7(13)4-8-5-9(12)11-10(6-8)14-2-3-15-11/h5-7H,2-4,13H2,1H3/t7-/m1/s1. The third-order valence-electron chi connectivity index (χ3n) is 2.21. The van der Waals surface area contributed by atoms with Crippen LogP contribution in [-0.2, 0) is 6.42 Å². The van der Waals surface area contributed by atoms with Crippen molar-refractivity contribution in [1.82, 2.24) is 0 Å². The van der Waals surface area contributed by atoms with Crippen molar-refractivity contribution in [3.63, 3.8) is 0 Å². The lowest BCUT2D eigenvalue weighted by Crippen LogP contribution is -2.19. The van der Waals surface area contributed by atoms with E-state index < -0.39 is 0 Å². The van der Waals surface area contributed by atoms with Crippen LogP contribution in [0.3, 0.4) is 0 Å². The van der Waals surface area contributed by atoms with Gasteiger partial charge in [0.05, 0.1) is 4.47 Å². The number of benzene rings is 1. The fourth-order valence-corrected chi connectivity index (χ4v) is 2.26. The maximum Gasteiger partial charge on any atom is 0.175 e. The van der Waals surface area contributed by atoms with Crippen LogP contribution >= 0.6 is 15.9 Å². The van der Waals surface area contributed by atoms with Gasteiger partial charge in [-0.05, 0) is 47.0 Å². The van der Waals surface area contributed by atoms with Crippen LogP contribution in [-0.4, -0.2) is 19.3 Å². The third-order valence-corrected chi connectivity index (χ3v) is 2.80. The average Bonchev–Trinajstić information content (AvgIpc) is 2.16. The van der Waals surface area contributed by atoms with Gasteiger partial charge in [0.2, 0.25) is 0 Å².